The Hall–Kier alpha value is -1.35. The molecule has 0 spiro atoms. The van der Waals surface area contributed by atoms with E-state index in [2.05, 4.69) is 0 Å². The van der Waals surface area contributed by atoms with E-state index in [0.29, 0.717) is 4.90 Å². The van der Waals surface area contributed by atoms with Gasteiger partial charge in [-0.1, -0.05) is 0 Å². The Labute approximate surface area is 120 Å². The van der Waals surface area contributed by atoms with Crippen LogP contribution in [-0.4, -0.2) is 79.4 Å². The van der Waals surface area contributed by atoms with Gasteiger partial charge in [0.1, 0.15) is 6.54 Å². The second-order valence-electron chi connectivity index (χ2n) is 5.12. The maximum atomic E-state index is 12.3. The van der Waals surface area contributed by atoms with Crippen LogP contribution in [0.5, 0.6) is 0 Å². The first-order valence-electron chi connectivity index (χ1n) is 6.40. The van der Waals surface area contributed by atoms with Crippen LogP contribution in [0, 0.1) is 5.92 Å². The summed E-state index contributed by atoms with van der Waals surface area (Å²) in [6, 6.07) is 0. The van der Waals surface area contributed by atoms with E-state index in [1.54, 1.807) is 0 Å². The highest BCUT2D eigenvalue weighted by Gasteiger charge is 2.41. The van der Waals surface area contributed by atoms with Crippen molar-refractivity contribution in [1.29, 1.82) is 0 Å². The molecule has 1 aliphatic rings. The molecule has 0 aromatic rings. The van der Waals surface area contributed by atoms with Gasteiger partial charge in [-0.15, -0.1) is 0 Å². The van der Waals surface area contributed by atoms with Gasteiger partial charge in [0, 0.05) is 33.7 Å². The van der Waals surface area contributed by atoms with Crippen LogP contribution in [0.3, 0.4) is 0 Å². The number of ether oxygens (including phenoxy) is 1. The van der Waals surface area contributed by atoms with E-state index in [9.17, 15) is 27.9 Å². The number of hydrogen-bond acceptors (Lipinski definition) is 4. The van der Waals surface area contributed by atoms with Crippen LogP contribution in [0.25, 0.3) is 0 Å². The van der Waals surface area contributed by atoms with Crippen LogP contribution < -0.4 is 0 Å². The SMILES string of the molecule is COCC(O)CN(C)C(=O)C1CC(=O)N(CC(F)(F)F)C1. The van der Waals surface area contributed by atoms with E-state index in [0.717, 1.165) is 0 Å². The number of nitrogens with zero attached hydrogens (tertiary/aromatic N) is 2. The van der Waals surface area contributed by atoms with E-state index in [1.807, 2.05) is 0 Å². The van der Waals surface area contributed by atoms with Crippen molar-refractivity contribution >= 4 is 11.8 Å². The van der Waals surface area contributed by atoms with Crippen molar-refractivity contribution in [2.75, 3.05) is 40.4 Å². The smallest absolute Gasteiger partial charge is 0.389 e. The maximum Gasteiger partial charge on any atom is 0.406 e. The van der Waals surface area contributed by atoms with Crippen LogP contribution in [0.4, 0.5) is 13.2 Å². The highest BCUT2D eigenvalue weighted by Crippen LogP contribution is 2.24. The van der Waals surface area contributed by atoms with Gasteiger partial charge in [-0.25, -0.2) is 0 Å². The maximum absolute atomic E-state index is 12.3. The number of halogens is 3. The first-order chi connectivity index (χ1) is 9.64. The summed E-state index contributed by atoms with van der Waals surface area (Å²) in [7, 11) is 2.83. The zero-order chi connectivity index (χ0) is 16.2. The Kier molecular flexibility index (Phi) is 5.97. The summed E-state index contributed by atoms with van der Waals surface area (Å²) < 4.78 is 41.6. The average Bonchev–Trinajstić information content (AvgIpc) is 2.67. The van der Waals surface area contributed by atoms with Crippen LogP contribution in [-0.2, 0) is 14.3 Å². The van der Waals surface area contributed by atoms with Gasteiger partial charge < -0.3 is 19.6 Å². The summed E-state index contributed by atoms with van der Waals surface area (Å²) in [5.74, 6) is -1.95. The van der Waals surface area contributed by atoms with E-state index in [-0.39, 0.29) is 26.1 Å². The summed E-state index contributed by atoms with van der Waals surface area (Å²) >= 11 is 0. The van der Waals surface area contributed by atoms with Crippen molar-refractivity contribution in [1.82, 2.24) is 9.80 Å². The summed E-state index contributed by atoms with van der Waals surface area (Å²) in [6.07, 6.45) is -5.60. The van der Waals surface area contributed by atoms with Crippen molar-refractivity contribution in [3.63, 3.8) is 0 Å². The molecule has 0 aromatic heterocycles. The van der Waals surface area contributed by atoms with Crippen LogP contribution in [0.15, 0.2) is 0 Å². The fraction of sp³-hybridized carbons (Fsp3) is 0.833. The lowest BCUT2D eigenvalue weighted by Crippen LogP contribution is -2.41. The van der Waals surface area contributed by atoms with E-state index < -0.39 is 36.6 Å². The number of likely N-dealkylation sites (N-methyl/N-ethyl adjacent to an activating group) is 1. The Morgan fingerprint density at radius 1 is 1.57 bits per heavy atom. The van der Waals surface area contributed by atoms with Crippen molar-refractivity contribution in [2.24, 2.45) is 5.92 Å². The standard InChI is InChI=1S/C12H19F3N2O4/c1-16(5-9(18)6-21-2)11(20)8-3-10(19)17(4-8)7-12(13,14)15/h8-9,18H,3-7H2,1-2H3. The van der Waals surface area contributed by atoms with Crippen molar-refractivity contribution in [3.8, 4) is 0 Å². The first-order valence-corrected chi connectivity index (χ1v) is 6.40. The largest absolute Gasteiger partial charge is 0.406 e. The third kappa shape index (κ3) is 5.50. The van der Waals surface area contributed by atoms with Crippen LogP contribution in [0.2, 0.25) is 0 Å². The van der Waals surface area contributed by atoms with Gasteiger partial charge in [0.05, 0.1) is 18.6 Å². The molecular formula is C12H19F3N2O4. The highest BCUT2D eigenvalue weighted by atomic mass is 19.4. The Morgan fingerprint density at radius 3 is 2.71 bits per heavy atom. The zero-order valence-electron chi connectivity index (χ0n) is 11.9. The van der Waals surface area contributed by atoms with Crippen molar-refractivity contribution in [3.05, 3.63) is 0 Å². The Bertz CT molecular complexity index is 389. The second-order valence-corrected chi connectivity index (χ2v) is 5.12. The molecule has 2 amide bonds. The van der Waals surface area contributed by atoms with E-state index in [1.165, 1.54) is 19.1 Å². The average molecular weight is 312 g/mol. The summed E-state index contributed by atoms with van der Waals surface area (Å²) in [6.45, 7) is -1.55. The number of alkyl halides is 3. The fourth-order valence-electron chi connectivity index (χ4n) is 2.27. The molecule has 2 unspecified atom stereocenters. The minimum absolute atomic E-state index is 0.00334. The van der Waals surface area contributed by atoms with Crippen LogP contribution in [0.1, 0.15) is 6.42 Å². The van der Waals surface area contributed by atoms with Gasteiger partial charge in [0.2, 0.25) is 11.8 Å². The lowest BCUT2D eigenvalue weighted by molar-refractivity contribution is -0.157. The normalized spacial score (nSPS) is 20.8. The van der Waals surface area contributed by atoms with Crippen LogP contribution >= 0.6 is 0 Å². The minimum Gasteiger partial charge on any atom is -0.389 e. The van der Waals surface area contributed by atoms with Crippen molar-refractivity contribution in [2.45, 2.75) is 18.7 Å². The number of rotatable bonds is 6. The molecule has 0 bridgehead atoms. The Balaban J connectivity index is 2.54. The van der Waals surface area contributed by atoms with Gasteiger partial charge in [0.25, 0.3) is 0 Å². The summed E-state index contributed by atoms with van der Waals surface area (Å²) in [5, 5.41) is 9.52. The molecule has 0 radical (unpaired) electrons. The Morgan fingerprint density at radius 2 is 2.19 bits per heavy atom. The molecule has 0 saturated carbocycles. The molecule has 1 rings (SSSR count). The van der Waals surface area contributed by atoms with E-state index >= 15 is 0 Å². The number of aliphatic hydroxyl groups is 1. The molecule has 1 aliphatic heterocycles. The molecule has 1 saturated heterocycles. The molecular weight excluding hydrogens is 293 g/mol. The molecule has 21 heavy (non-hydrogen) atoms. The predicted molar refractivity (Wildman–Crippen MR) is 66.3 cm³/mol. The summed E-state index contributed by atoms with van der Waals surface area (Å²) in [4.78, 5) is 25.4. The quantitative estimate of drug-likeness (QED) is 0.741. The number of likely N-dealkylation sites (tertiary alicyclic amines) is 1. The minimum atomic E-state index is -4.48. The molecule has 9 heteroatoms. The van der Waals surface area contributed by atoms with Gasteiger partial charge in [-0.05, 0) is 0 Å². The van der Waals surface area contributed by atoms with Gasteiger partial charge in [0.15, 0.2) is 0 Å². The topological polar surface area (TPSA) is 70.1 Å². The number of hydrogen-bond donors (Lipinski definition) is 1. The lowest BCUT2D eigenvalue weighted by Gasteiger charge is -2.23. The number of methoxy groups -OCH3 is 1. The molecule has 1 heterocycles. The third-order valence-corrected chi connectivity index (χ3v) is 3.15. The van der Waals surface area contributed by atoms with E-state index in [4.69, 9.17) is 4.74 Å². The molecule has 2 atom stereocenters. The third-order valence-electron chi connectivity index (χ3n) is 3.15. The molecule has 6 nitrogen and oxygen atoms in total. The zero-order valence-corrected chi connectivity index (χ0v) is 11.9. The summed E-state index contributed by atoms with van der Waals surface area (Å²) in [5.41, 5.74) is 0. The second kappa shape index (κ2) is 7.08. The number of amides is 2. The first kappa shape index (κ1) is 17.7. The molecule has 122 valence electrons. The van der Waals surface area contributed by atoms with Crippen molar-refractivity contribution < 1.29 is 32.6 Å². The number of carbonyl (C=O) groups is 2. The number of aliphatic hydroxyl groups excluding tert-OH is 1. The predicted octanol–water partition coefficient (Wildman–Crippen LogP) is -0.137. The van der Waals surface area contributed by atoms with Gasteiger partial charge in [-0.2, -0.15) is 13.2 Å². The van der Waals surface area contributed by atoms with Gasteiger partial charge in [-0.3, -0.25) is 9.59 Å². The number of carbonyl (C=O) groups excluding carboxylic acids is 2. The molecule has 0 aromatic carbocycles. The monoisotopic (exact) mass is 312 g/mol. The molecule has 0 aliphatic carbocycles. The molecule has 1 fully saturated rings. The fourth-order valence-corrected chi connectivity index (χ4v) is 2.27. The molecule has 1 N–H and O–H groups in total. The highest BCUT2D eigenvalue weighted by molar-refractivity contribution is 5.89. The lowest BCUT2D eigenvalue weighted by atomic mass is 10.1. The van der Waals surface area contributed by atoms with Gasteiger partial charge >= 0.3 is 6.18 Å².